The summed E-state index contributed by atoms with van der Waals surface area (Å²) in [5, 5.41) is 0. The van der Waals surface area contributed by atoms with Gasteiger partial charge in [-0.3, -0.25) is 0 Å². The van der Waals surface area contributed by atoms with Crippen LogP contribution in [0, 0.1) is 0 Å². The van der Waals surface area contributed by atoms with Gasteiger partial charge in [-0.2, -0.15) is 0 Å². The Kier molecular flexibility index (Phi) is 3.19. The molecule has 94 valence electrons. The van der Waals surface area contributed by atoms with E-state index >= 15 is 0 Å². The summed E-state index contributed by atoms with van der Waals surface area (Å²) in [7, 11) is 0. The number of benzene rings is 1. The molecule has 5 heteroatoms. The van der Waals surface area contributed by atoms with Crippen molar-refractivity contribution in [1.29, 1.82) is 0 Å². The molecule has 1 aromatic rings. The minimum atomic E-state index is -2.58. The molecule has 0 radical (unpaired) electrons. The van der Waals surface area contributed by atoms with E-state index in [9.17, 15) is 8.78 Å². The first-order valence-electron chi connectivity index (χ1n) is 5.45. The zero-order valence-electron chi connectivity index (χ0n) is 9.58. The van der Waals surface area contributed by atoms with Crippen LogP contribution in [-0.2, 0) is 6.42 Å². The Balaban J connectivity index is 2.27. The minimum absolute atomic E-state index is 0.0528. The first-order chi connectivity index (χ1) is 8.00. The van der Waals surface area contributed by atoms with Crippen molar-refractivity contribution in [3.63, 3.8) is 0 Å². The van der Waals surface area contributed by atoms with Gasteiger partial charge in [0.05, 0.1) is 5.54 Å². The Labute approximate surface area is 98.5 Å². The van der Waals surface area contributed by atoms with E-state index in [1.54, 1.807) is 18.2 Å². The van der Waals surface area contributed by atoms with Crippen molar-refractivity contribution >= 4 is 0 Å². The van der Waals surface area contributed by atoms with Crippen molar-refractivity contribution in [3.8, 4) is 11.5 Å². The number of alkyl halides is 2. The van der Waals surface area contributed by atoms with Crippen LogP contribution >= 0.6 is 0 Å². The second kappa shape index (κ2) is 4.49. The van der Waals surface area contributed by atoms with Crippen LogP contribution in [0.3, 0.4) is 0 Å². The van der Waals surface area contributed by atoms with Crippen molar-refractivity contribution in [2.75, 3.05) is 13.2 Å². The van der Waals surface area contributed by atoms with Crippen molar-refractivity contribution < 1.29 is 18.3 Å². The Morgan fingerprint density at radius 1 is 1.35 bits per heavy atom. The fraction of sp³-hybridized carbons (Fsp3) is 0.500. The summed E-state index contributed by atoms with van der Waals surface area (Å²) in [6.07, 6.45) is -2.53. The summed E-state index contributed by atoms with van der Waals surface area (Å²) < 4.78 is 36.3. The van der Waals surface area contributed by atoms with E-state index in [2.05, 4.69) is 0 Å². The summed E-state index contributed by atoms with van der Waals surface area (Å²) in [5.41, 5.74) is 4.68. The fourth-order valence-electron chi connectivity index (χ4n) is 1.76. The van der Waals surface area contributed by atoms with Gasteiger partial charge in [0, 0.05) is 5.56 Å². The Bertz CT molecular complexity index is 407. The highest BCUT2D eigenvalue weighted by Crippen LogP contribution is 2.35. The number of para-hydroxylation sites is 1. The van der Waals surface area contributed by atoms with Crippen LogP contribution in [0.25, 0.3) is 0 Å². The van der Waals surface area contributed by atoms with Gasteiger partial charge >= 0.3 is 0 Å². The molecule has 2 N–H and O–H groups in total. The Morgan fingerprint density at radius 3 is 2.76 bits per heavy atom. The lowest BCUT2D eigenvalue weighted by Crippen LogP contribution is -2.46. The first-order valence-corrected chi connectivity index (χ1v) is 5.45. The number of halogens is 2. The van der Waals surface area contributed by atoms with Gasteiger partial charge in [0.2, 0.25) is 0 Å². The van der Waals surface area contributed by atoms with E-state index in [0.29, 0.717) is 30.3 Å². The van der Waals surface area contributed by atoms with Crippen LogP contribution in [0.2, 0.25) is 0 Å². The van der Waals surface area contributed by atoms with Crippen molar-refractivity contribution in [2.45, 2.75) is 25.3 Å². The topological polar surface area (TPSA) is 44.5 Å². The molecule has 0 aromatic heterocycles. The predicted octanol–water partition coefficient (Wildman–Crippen LogP) is 1.98. The summed E-state index contributed by atoms with van der Waals surface area (Å²) in [6, 6.07) is 5.25. The standard InChI is InChI=1S/C12H15F2NO2/c1-12(15,11(13)14)7-8-3-2-4-9-10(8)17-6-5-16-9/h2-4,11H,5-7,15H2,1H3. The third-order valence-electron chi connectivity index (χ3n) is 2.72. The van der Waals surface area contributed by atoms with Crippen LogP contribution in [0.4, 0.5) is 8.78 Å². The van der Waals surface area contributed by atoms with E-state index < -0.39 is 12.0 Å². The third-order valence-corrected chi connectivity index (χ3v) is 2.72. The van der Waals surface area contributed by atoms with Crippen molar-refractivity contribution in [2.24, 2.45) is 5.73 Å². The normalized spacial score (nSPS) is 17.9. The highest BCUT2D eigenvalue weighted by molar-refractivity contribution is 5.48. The average molecular weight is 243 g/mol. The summed E-state index contributed by atoms with van der Waals surface area (Å²) >= 11 is 0. The molecular weight excluding hydrogens is 228 g/mol. The number of hydrogen-bond donors (Lipinski definition) is 1. The van der Waals surface area contributed by atoms with Gasteiger partial charge in [-0.1, -0.05) is 12.1 Å². The summed E-state index contributed by atoms with van der Waals surface area (Å²) in [5.74, 6) is 1.13. The molecule has 0 amide bonds. The molecule has 17 heavy (non-hydrogen) atoms. The fourth-order valence-corrected chi connectivity index (χ4v) is 1.76. The molecule has 0 saturated heterocycles. The second-order valence-corrected chi connectivity index (χ2v) is 4.42. The van der Waals surface area contributed by atoms with Crippen LogP contribution < -0.4 is 15.2 Å². The Hall–Kier alpha value is -1.36. The molecule has 2 rings (SSSR count). The molecule has 1 atom stereocenters. The number of ether oxygens (including phenoxy) is 2. The lowest BCUT2D eigenvalue weighted by atomic mass is 9.93. The van der Waals surface area contributed by atoms with E-state index in [1.807, 2.05) is 0 Å². The van der Waals surface area contributed by atoms with E-state index in [1.165, 1.54) is 6.92 Å². The molecular formula is C12H15F2NO2. The molecule has 0 bridgehead atoms. The van der Waals surface area contributed by atoms with E-state index in [0.717, 1.165) is 0 Å². The molecule has 1 aliphatic heterocycles. The Morgan fingerprint density at radius 2 is 2.06 bits per heavy atom. The van der Waals surface area contributed by atoms with Gasteiger partial charge in [-0.25, -0.2) is 8.78 Å². The quantitative estimate of drug-likeness (QED) is 0.882. The van der Waals surface area contributed by atoms with Gasteiger partial charge in [0.1, 0.15) is 13.2 Å². The van der Waals surface area contributed by atoms with Crippen molar-refractivity contribution in [3.05, 3.63) is 23.8 Å². The number of hydrogen-bond acceptors (Lipinski definition) is 3. The maximum atomic E-state index is 12.7. The highest BCUT2D eigenvalue weighted by atomic mass is 19.3. The number of nitrogens with two attached hydrogens (primary N) is 1. The molecule has 0 spiro atoms. The lowest BCUT2D eigenvalue weighted by Gasteiger charge is -2.27. The summed E-state index contributed by atoms with van der Waals surface area (Å²) in [4.78, 5) is 0. The minimum Gasteiger partial charge on any atom is -0.486 e. The summed E-state index contributed by atoms with van der Waals surface area (Å²) in [6.45, 7) is 2.24. The molecule has 1 unspecified atom stereocenters. The predicted molar refractivity (Wildman–Crippen MR) is 59.7 cm³/mol. The van der Waals surface area contributed by atoms with Gasteiger partial charge < -0.3 is 15.2 Å². The third kappa shape index (κ3) is 2.49. The van der Waals surface area contributed by atoms with Crippen LogP contribution in [-0.4, -0.2) is 25.2 Å². The molecule has 0 fully saturated rings. The number of rotatable bonds is 3. The smallest absolute Gasteiger partial charge is 0.256 e. The van der Waals surface area contributed by atoms with E-state index in [4.69, 9.17) is 15.2 Å². The largest absolute Gasteiger partial charge is 0.486 e. The van der Waals surface area contributed by atoms with Crippen LogP contribution in [0.5, 0.6) is 11.5 Å². The van der Waals surface area contributed by atoms with Gasteiger partial charge in [0.15, 0.2) is 11.5 Å². The average Bonchev–Trinajstić information content (AvgIpc) is 2.29. The monoisotopic (exact) mass is 243 g/mol. The molecule has 0 aliphatic carbocycles. The van der Waals surface area contributed by atoms with Crippen molar-refractivity contribution in [1.82, 2.24) is 0 Å². The molecule has 1 heterocycles. The zero-order chi connectivity index (χ0) is 12.5. The van der Waals surface area contributed by atoms with E-state index in [-0.39, 0.29) is 6.42 Å². The number of fused-ring (bicyclic) bond motifs is 1. The molecule has 1 aromatic carbocycles. The molecule has 3 nitrogen and oxygen atoms in total. The maximum Gasteiger partial charge on any atom is 0.256 e. The second-order valence-electron chi connectivity index (χ2n) is 4.42. The highest BCUT2D eigenvalue weighted by Gasteiger charge is 2.32. The molecule has 0 saturated carbocycles. The van der Waals surface area contributed by atoms with Crippen LogP contribution in [0.1, 0.15) is 12.5 Å². The maximum absolute atomic E-state index is 12.7. The molecule has 1 aliphatic rings. The van der Waals surface area contributed by atoms with Crippen LogP contribution in [0.15, 0.2) is 18.2 Å². The van der Waals surface area contributed by atoms with Gasteiger partial charge in [-0.15, -0.1) is 0 Å². The first kappa shape index (κ1) is 12.1. The zero-order valence-corrected chi connectivity index (χ0v) is 9.58. The SMILES string of the molecule is CC(N)(Cc1cccc2c1OCCO2)C(F)F. The lowest BCUT2D eigenvalue weighted by molar-refractivity contribution is 0.0631. The van der Waals surface area contributed by atoms with Gasteiger partial charge in [0.25, 0.3) is 6.43 Å². The van der Waals surface area contributed by atoms with Gasteiger partial charge in [-0.05, 0) is 19.4 Å².